The van der Waals surface area contributed by atoms with E-state index < -0.39 is 45.6 Å². The topological polar surface area (TPSA) is 191 Å². The molecule has 4 amide bonds. The van der Waals surface area contributed by atoms with Crippen molar-refractivity contribution in [3.8, 4) is 0 Å². The van der Waals surface area contributed by atoms with Gasteiger partial charge in [-0.1, -0.05) is 44.2 Å². The van der Waals surface area contributed by atoms with Crippen molar-refractivity contribution < 1.29 is 42.0 Å². The van der Waals surface area contributed by atoms with Crippen molar-refractivity contribution in [3.05, 3.63) is 35.9 Å². The number of amides is 4. The zero-order valence-electron chi connectivity index (χ0n) is 23.8. The number of ether oxygens (including phenoxy) is 1. The number of benzene rings is 1. The summed E-state index contributed by atoms with van der Waals surface area (Å²) in [4.78, 5) is 52.3. The average Bonchev–Trinajstić information content (AvgIpc) is 3.27. The van der Waals surface area contributed by atoms with Gasteiger partial charge in [0.2, 0.25) is 23.2 Å². The molecule has 2 aliphatic heterocycles. The molecule has 1 aromatic rings. The van der Waals surface area contributed by atoms with Crippen LogP contribution in [0.4, 0.5) is 4.79 Å². The van der Waals surface area contributed by atoms with Gasteiger partial charge >= 0.3 is 6.09 Å². The number of alkyl carbamates (subject to hydrolysis) is 1. The molecule has 232 valence electrons. The Morgan fingerprint density at radius 2 is 1.81 bits per heavy atom. The van der Waals surface area contributed by atoms with Crippen molar-refractivity contribution in [2.45, 2.75) is 76.0 Å². The molecule has 14 heteroatoms. The van der Waals surface area contributed by atoms with E-state index >= 15 is 0 Å². The maximum atomic E-state index is 13.2. The molecule has 0 aromatic heterocycles. The van der Waals surface area contributed by atoms with Gasteiger partial charge in [0.1, 0.15) is 12.1 Å². The lowest BCUT2D eigenvalue weighted by atomic mass is 9.61. The lowest BCUT2D eigenvalue weighted by Crippen LogP contribution is -2.66. The zero-order valence-corrected chi connectivity index (χ0v) is 24.6. The lowest BCUT2D eigenvalue weighted by Gasteiger charge is -2.58. The fourth-order valence-corrected chi connectivity index (χ4v) is 6.61. The minimum absolute atomic E-state index is 0.0482. The Kier molecular flexibility index (Phi) is 9.78. The summed E-state index contributed by atoms with van der Waals surface area (Å²) in [6, 6.07) is 6.92. The highest BCUT2D eigenvalue weighted by atomic mass is 32.2. The molecule has 2 heterocycles. The van der Waals surface area contributed by atoms with Crippen LogP contribution < -0.4 is 16.0 Å². The number of aliphatic hydroxyl groups excluding tert-OH is 1. The Morgan fingerprint density at radius 3 is 2.38 bits per heavy atom. The SMILES string of the molecule is CC(C)C[C@H](NC(=O)OC1CC2(C1)CN(C(=O)Cc1ccccc1)C2)C(=O)N[C@@H](C[C@@H]1CCNC1=O)[C@H](O)S(=O)(=O)O. The summed E-state index contributed by atoms with van der Waals surface area (Å²) < 4.78 is 38.3. The summed E-state index contributed by atoms with van der Waals surface area (Å²) in [7, 11) is -4.95. The summed E-state index contributed by atoms with van der Waals surface area (Å²) in [6.07, 6.45) is 0.715. The average molecular weight is 609 g/mol. The molecule has 13 nitrogen and oxygen atoms in total. The van der Waals surface area contributed by atoms with Crippen LogP contribution >= 0.6 is 0 Å². The standard InChI is InChI=1S/C28H40N4O9S/c1-17(2)10-21(25(35)30-22(26(36)42(38,39)40)12-19-8-9-29-24(19)34)31-27(37)41-20-13-28(14-20)15-32(16-28)23(33)11-18-6-4-3-5-7-18/h3-7,17,19-22,26,36H,8-16H2,1-2H3,(H,29,34)(H,30,35)(H,31,37)(H,38,39,40)/t19-,21-,22-,26+/m0/s1. The number of likely N-dealkylation sites (tertiary alicyclic amines) is 1. The van der Waals surface area contributed by atoms with Gasteiger partial charge in [0.05, 0.1) is 12.5 Å². The first-order chi connectivity index (χ1) is 19.7. The molecule has 0 radical (unpaired) electrons. The number of hydrogen-bond acceptors (Lipinski definition) is 8. The molecule has 42 heavy (non-hydrogen) atoms. The van der Waals surface area contributed by atoms with E-state index in [4.69, 9.17) is 4.74 Å². The number of nitrogens with one attached hydrogen (secondary N) is 3. The largest absolute Gasteiger partial charge is 0.446 e. The molecule has 0 unspecified atom stereocenters. The molecule has 3 aliphatic rings. The third kappa shape index (κ3) is 7.98. The van der Waals surface area contributed by atoms with Crippen LogP contribution in [0.1, 0.15) is 51.5 Å². The highest BCUT2D eigenvalue weighted by Crippen LogP contribution is 2.49. The van der Waals surface area contributed by atoms with Crippen LogP contribution in [-0.2, 0) is 35.7 Å². The summed E-state index contributed by atoms with van der Waals surface area (Å²) >= 11 is 0. The van der Waals surface area contributed by atoms with Crippen LogP contribution in [0.5, 0.6) is 0 Å². The van der Waals surface area contributed by atoms with Crippen LogP contribution in [0, 0.1) is 17.3 Å². The maximum absolute atomic E-state index is 13.2. The molecule has 4 atom stereocenters. The van der Waals surface area contributed by atoms with Crippen LogP contribution in [0.15, 0.2) is 30.3 Å². The Bertz CT molecular complexity index is 1260. The van der Waals surface area contributed by atoms with Crippen molar-refractivity contribution in [2.75, 3.05) is 19.6 Å². The summed E-state index contributed by atoms with van der Waals surface area (Å²) in [6.45, 7) is 5.25. The van der Waals surface area contributed by atoms with Gasteiger partial charge in [-0.15, -0.1) is 0 Å². The number of carbonyl (C=O) groups excluding carboxylic acids is 4. The van der Waals surface area contributed by atoms with E-state index in [9.17, 15) is 37.3 Å². The van der Waals surface area contributed by atoms with E-state index in [-0.39, 0.29) is 42.1 Å². The van der Waals surface area contributed by atoms with E-state index in [0.29, 0.717) is 45.3 Å². The second-order valence-electron chi connectivity index (χ2n) is 12.2. The normalized spacial score (nSPS) is 22.0. The van der Waals surface area contributed by atoms with Crippen molar-refractivity contribution >= 4 is 33.9 Å². The van der Waals surface area contributed by atoms with E-state index in [1.54, 1.807) is 4.90 Å². The summed E-state index contributed by atoms with van der Waals surface area (Å²) in [5.74, 6) is -1.76. The third-order valence-corrected chi connectivity index (χ3v) is 9.13. The second-order valence-corrected chi connectivity index (χ2v) is 13.7. The fraction of sp³-hybridized carbons (Fsp3) is 0.643. The number of nitrogens with zero attached hydrogens (tertiary/aromatic N) is 1. The summed E-state index contributed by atoms with van der Waals surface area (Å²) in [5, 5.41) is 17.8. The first-order valence-corrected chi connectivity index (χ1v) is 15.8. The molecule has 1 saturated carbocycles. The van der Waals surface area contributed by atoms with E-state index in [1.807, 2.05) is 44.2 Å². The Hall–Kier alpha value is -3.23. The van der Waals surface area contributed by atoms with Crippen LogP contribution in [0.2, 0.25) is 0 Å². The third-order valence-electron chi connectivity index (χ3n) is 8.19. The number of rotatable bonds is 12. The van der Waals surface area contributed by atoms with E-state index in [1.165, 1.54) is 0 Å². The van der Waals surface area contributed by atoms with Gasteiger partial charge in [-0.3, -0.25) is 18.9 Å². The molecule has 3 fully saturated rings. The first-order valence-electron chi connectivity index (χ1n) is 14.3. The van der Waals surface area contributed by atoms with Gasteiger partial charge in [-0.2, -0.15) is 8.42 Å². The van der Waals surface area contributed by atoms with Crippen molar-refractivity contribution in [1.29, 1.82) is 0 Å². The molecule has 2 saturated heterocycles. The minimum Gasteiger partial charge on any atom is -0.446 e. The van der Waals surface area contributed by atoms with Crippen molar-refractivity contribution in [2.24, 2.45) is 17.3 Å². The smallest absolute Gasteiger partial charge is 0.408 e. The Morgan fingerprint density at radius 1 is 1.14 bits per heavy atom. The van der Waals surface area contributed by atoms with Crippen molar-refractivity contribution in [3.63, 3.8) is 0 Å². The predicted octanol–water partition coefficient (Wildman–Crippen LogP) is 0.578. The fourth-order valence-electron chi connectivity index (χ4n) is 6.01. The quantitative estimate of drug-likeness (QED) is 0.211. The molecular weight excluding hydrogens is 568 g/mol. The van der Waals surface area contributed by atoms with Gasteiger partial charge in [-0.25, -0.2) is 4.79 Å². The molecule has 0 bridgehead atoms. The second kappa shape index (κ2) is 13.0. The monoisotopic (exact) mass is 608 g/mol. The van der Waals surface area contributed by atoms with Gasteiger partial charge in [0.25, 0.3) is 10.1 Å². The van der Waals surface area contributed by atoms with Gasteiger partial charge in [0.15, 0.2) is 0 Å². The molecule has 5 N–H and O–H groups in total. The Labute approximate surface area is 245 Å². The number of hydrogen-bond donors (Lipinski definition) is 5. The highest BCUT2D eigenvalue weighted by molar-refractivity contribution is 7.86. The van der Waals surface area contributed by atoms with Crippen LogP contribution in [-0.4, -0.2) is 90.0 Å². The maximum Gasteiger partial charge on any atom is 0.408 e. The van der Waals surface area contributed by atoms with Crippen LogP contribution in [0.25, 0.3) is 0 Å². The van der Waals surface area contributed by atoms with E-state index in [0.717, 1.165) is 5.56 Å². The molecule has 1 aromatic carbocycles. The molecule has 1 spiro atoms. The molecule has 4 rings (SSSR count). The van der Waals surface area contributed by atoms with Gasteiger partial charge < -0.3 is 30.7 Å². The first kappa shape index (κ1) is 31.7. The molecular formula is C28H40N4O9S. The molecule has 1 aliphatic carbocycles. The minimum atomic E-state index is -4.95. The highest BCUT2D eigenvalue weighted by Gasteiger charge is 2.55. The van der Waals surface area contributed by atoms with E-state index in [2.05, 4.69) is 16.0 Å². The summed E-state index contributed by atoms with van der Waals surface area (Å²) in [5.41, 5.74) is -1.47. The van der Waals surface area contributed by atoms with Gasteiger partial charge in [-0.05, 0) is 43.6 Å². The predicted molar refractivity (Wildman–Crippen MR) is 150 cm³/mol. The zero-order chi connectivity index (χ0) is 30.7. The number of carbonyl (C=O) groups is 4. The Balaban J connectivity index is 1.27. The number of aliphatic hydroxyl groups is 1. The van der Waals surface area contributed by atoms with Crippen molar-refractivity contribution in [1.82, 2.24) is 20.9 Å². The van der Waals surface area contributed by atoms with Gasteiger partial charge in [0, 0.05) is 31.0 Å². The van der Waals surface area contributed by atoms with Crippen LogP contribution in [0.3, 0.4) is 0 Å². The lowest BCUT2D eigenvalue weighted by molar-refractivity contribution is -0.162.